The molecule has 0 spiro atoms. The molecule has 1 nitrogen and oxygen atoms in total. The van der Waals surface area contributed by atoms with Crippen molar-refractivity contribution in [3.8, 4) is 0 Å². The lowest BCUT2D eigenvalue weighted by molar-refractivity contribution is 0.553. The van der Waals surface area contributed by atoms with E-state index in [1.54, 1.807) is 0 Å². The van der Waals surface area contributed by atoms with Crippen molar-refractivity contribution in [3.05, 3.63) is 36.0 Å². The second kappa shape index (κ2) is 3.10. The molecule has 2 rings (SSSR count). The number of allylic oxidation sites excluding steroid dienone is 4. The smallest absolute Gasteiger partial charge is 0.0751 e. The molecule has 0 N–H and O–H groups in total. The molecule has 2 atom stereocenters. The highest BCUT2D eigenvalue weighted by Gasteiger charge is 2.21. The number of aliphatic imine (C=N–C) groups is 1. The Labute approximate surface area is 73.2 Å². The van der Waals surface area contributed by atoms with E-state index in [-0.39, 0.29) is 0 Å². The zero-order chi connectivity index (χ0) is 8.39. The average molecular weight is 159 g/mol. The molecule has 62 valence electrons. The largest absolute Gasteiger partial charge is 0.285 e. The minimum atomic E-state index is 0.380. The van der Waals surface area contributed by atoms with Crippen molar-refractivity contribution in [1.29, 1.82) is 0 Å². The lowest BCUT2D eigenvalue weighted by Crippen LogP contribution is -2.19. The molecule has 1 heteroatoms. The van der Waals surface area contributed by atoms with Crippen LogP contribution in [0.15, 0.2) is 40.9 Å². The van der Waals surface area contributed by atoms with E-state index in [2.05, 4.69) is 42.3 Å². The first-order chi connectivity index (χ1) is 5.88. The summed E-state index contributed by atoms with van der Waals surface area (Å²) in [5.41, 5.74) is 1.45. The monoisotopic (exact) mass is 159 g/mol. The Morgan fingerprint density at radius 2 is 2.33 bits per heavy atom. The number of dihydropyridines is 1. The molecule has 0 fully saturated rings. The summed E-state index contributed by atoms with van der Waals surface area (Å²) in [5, 5.41) is 0. The molecule has 0 aromatic rings. The second-order valence-electron chi connectivity index (χ2n) is 3.35. The number of nitrogens with zero attached hydrogens (tertiary/aromatic N) is 1. The maximum absolute atomic E-state index is 4.43. The minimum absolute atomic E-state index is 0.380. The van der Waals surface area contributed by atoms with Crippen molar-refractivity contribution in [2.45, 2.75) is 19.4 Å². The lowest BCUT2D eigenvalue weighted by atomic mass is 9.88. The summed E-state index contributed by atoms with van der Waals surface area (Å²) < 4.78 is 0. The Bertz CT molecular complexity index is 273. The normalized spacial score (nSPS) is 32.6. The van der Waals surface area contributed by atoms with Gasteiger partial charge in [-0.05, 0) is 19.4 Å². The van der Waals surface area contributed by atoms with Crippen LogP contribution in [0.3, 0.4) is 0 Å². The number of fused-ring (bicyclic) bond motifs is 1. The third kappa shape index (κ3) is 1.27. The SMILES string of the molecule is CC1=CC=NC2C=CC=CCC12. The van der Waals surface area contributed by atoms with Crippen molar-refractivity contribution in [3.63, 3.8) is 0 Å². The summed E-state index contributed by atoms with van der Waals surface area (Å²) in [7, 11) is 0. The summed E-state index contributed by atoms with van der Waals surface area (Å²) >= 11 is 0. The van der Waals surface area contributed by atoms with Gasteiger partial charge in [-0.3, -0.25) is 4.99 Å². The third-order valence-corrected chi connectivity index (χ3v) is 2.54. The molecule has 0 radical (unpaired) electrons. The van der Waals surface area contributed by atoms with Gasteiger partial charge in [-0.2, -0.15) is 0 Å². The maximum atomic E-state index is 4.43. The van der Waals surface area contributed by atoms with Gasteiger partial charge in [0, 0.05) is 12.1 Å². The van der Waals surface area contributed by atoms with Gasteiger partial charge in [-0.25, -0.2) is 0 Å². The third-order valence-electron chi connectivity index (χ3n) is 2.54. The average Bonchev–Trinajstić information content (AvgIpc) is 2.30. The number of hydrogen-bond acceptors (Lipinski definition) is 1. The summed E-state index contributed by atoms with van der Waals surface area (Å²) in [5.74, 6) is 0.602. The van der Waals surface area contributed by atoms with Crippen LogP contribution in [0.25, 0.3) is 0 Å². The minimum Gasteiger partial charge on any atom is -0.285 e. The van der Waals surface area contributed by atoms with E-state index < -0.39 is 0 Å². The van der Waals surface area contributed by atoms with Gasteiger partial charge in [0.25, 0.3) is 0 Å². The fraction of sp³-hybridized carbons (Fsp3) is 0.364. The van der Waals surface area contributed by atoms with Gasteiger partial charge in [-0.1, -0.05) is 29.9 Å². The second-order valence-corrected chi connectivity index (χ2v) is 3.35. The van der Waals surface area contributed by atoms with Gasteiger partial charge in [0.05, 0.1) is 6.04 Å². The zero-order valence-electron chi connectivity index (χ0n) is 7.27. The highest BCUT2D eigenvalue weighted by Crippen LogP contribution is 2.26. The molecule has 0 amide bonds. The molecular weight excluding hydrogens is 146 g/mol. The Morgan fingerprint density at radius 3 is 3.25 bits per heavy atom. The van der Waals surface area contributed by atoms with Gasteiger partial charge in [-0.15, -0.1) is 0 Å². The standard InChI is InChI=1S/C11H13N/c1-9-7-8-12-11-6-4-2-3-5-10(9)11/h2-4,6-8,10-11H,5H2,1H3. The zero-order valence-corrected chi connectivity index (χ0v) is 7.27. The molecule has 0 aromatic carbocycles. The van der Waals surface area contributed by atoms with Crippen LogP contribution in [0.2, 0.25) is 0 Å². The first kappa shape index (κ1) is 7.53. The molecule has 0 aromatic heterocycles. The fourth-order valence-corrected chi connectivity index (χ4v) is 1.75. The van der Waals surface area contributed by atoms with Gasteiger partial charge in [0.15, 0.2) is 0 Å². The van der Waals surface area contributed by atoms with Crippen LogP contribution in [0, 0.1) is 5.92 Å². The molecule has 1 aliphatic heterocycles. The van der Waals surface area contributed by atoms with Crippen molar-refractivity contribution < 1.29 is 0 Å². The molecule has 12 heavy (non-hydrogen) atoms. The lowest BCUT2D eigenvalue weighted by Gasteiger charge is -2.22. The van der Waals surface area contributed by atoms with Gasteiger partial charge in [0.1, 0.15) is 0 Å². The molecule has 2 unspecified atom stereocenters. The first-order valence-corrected chi connectivity index (χ1v) is 4.41. The van der Waals surface area contributed by atoms with Crippen LogP contribution in [-0.2, 0) is 0 Å². The molecule has 2 aliphatic rings. The molecule has 1 aliphatic carbocycles. The van der Waals surface area contributed by atoms with Crippen LogP contribution in [0.5, 0.6) is 0 Å². The predicted octanol–water partition coefficient (Wildman–Crippen LogP) is 2.52. The Kier molecular flexibility index (Phi) is 1.94. The van der Waals surface area contributed by atoms with Crippen LogP contribution in [0.1, 0.15) is 13.3 Å². The van der Waals surface area contributed by atoms with Crippen LogP contribution in [-0.4, -0.2) is 12.3 Å². The highest BCUT2D eigenvalue weighted by molar-refractivity contribution is 5.74. The fourth-order valence-electron chi connectivity index (χ4n) is 1.75. The van der Waals surface area contributed by atoms with Crippen LogP contribution in [0.4, 0.5) is 0 Å². The summed E-state index contributed by atoms with van der Waals surface area (Å²) in [6, 6.07) is 0.380. The van der Waals surface area contributed by atoms with E-state index in [0.29, 0.717) is 12.0 Å². The Morgan fingerprint density at radius 1 is 1.42 bits per heavy atom. The maximum Gasteiger partial charge on any atom is 0.0751 e. The van der Waals surface area contributed by atoms with E-state index in [1.807, 2.05) is 6.21 Å². The predicted molar refractivity (Wildman–Crippen MR) is 52.4 cm³/mol. The van der Waals surface area contributed by atoms with E-state index in [4.69, 9.17) is 0 Å². The molecular formula is C11H13N. The van der Waals surface area contributed by atoms with Gasteiger partial charge < -0.3 is 0 Å². The first-order valence-electron chi connectivity index (χ1n) is 4.41. The Balaban J connectivity index is 2.28. The van der Waals surface area contributed by atoms with Crippen molar-refractivity contribution in [1.82, 2.24) is 0 Å². The topological polar surface area (TPSA) is 12.4 Å². The van der Waals surface area contributed by atoms with Crippen molar-refractivity contribution in [2.75, 3.05) is 0 Å². The van der Waals surface area contributed by atoms with Crippen molar-refractivity contribution >= 4 is 6.21 Å². The summed E-state index contributed by atoms with van der Waals surface area (Å²) in [6.45, 7) is 2.19. The van der Waals surface area contributed by atoms with Crippen LogP contribution >= 0.6 is 0 Å². The van der Waals surface area contributed by atoms with E-state index in [9.17, 15) is 0 Å². The van der Waals surface area contributed by atoms with Crippen molar-refractivity contribution in [2.24, 2.45) is 10.9 Å². The van der Waals surface area contributed by atoms with E-state index in [0.717, 1.165) is 6.42 Å². The molecule has 0 bridgehead atoms. The van der Waals surface area contributed by atoms with Crippen LogP contribution < -0.4 is 0 Å². The highest BCUT2D eigenvalue weighted by atomic mass is 14.8. The van der Waals surface area contributed by atoms with E-state index >= 15 is 0 Å². The molecule has 0 saturated heterocycles. The summed E-state index contributed by atoms with van der Waals surface area (Å²) in [6.07, 6.45) is 13.8. The van der Waals surface area contributed by atoms with Gasteiger partial charge in [0.2, 0.25) is 0 Å². The molecule has 1 heterocycles. The van der Waals surface area contributed by atoms with Gasteiger partial charge >= 0.3 is 0 Å². The Hall–Kier alpha value is -1.11. The number of rotatable bonds is 0. The molecule has 0 saturated carbocycles. The summed E-state index contributed by atoms with van der Waals surface area (Å²) in [4.78, 5) is 4.43. The quantitative estimate of drug-likeness (QED) is 0.515. The number of hydrogen-bond donors (Lipinski definition) is 0. The van der Waals surface area contributed by atoms with E-state index in [1.165, 1.54) is 5.57 Å².